The van der Waals surface area contributed by atoms with Crippen LogP contribution in [0.2, 0.25) is 0 Å². The molecular formula is C10H17F3N4S. The summed E-state index contributed by atoms with van der Waals surface area (Å²) < 4.78 is 37.2. The second kappa shape index (κ2) is 6.33. The van der Waals surface area contributed by atoms with E-state index in [1.54, 1.807) is 4.90 Å². The van der Waals surface area contributed by atoms with Crippen molar-refractivity contribution in [3.05, 3.63) is 5.01 Å². The summed E-state index contributed by atoms with van der Waals surface area (Å²) in [6, 6.07) is 0.351. The molecule has 18 heavy (non-hydrogen) atoms. The average molecular weight is 282 g/mol. The normalized spacial score (nSPS) is 12.2. The molecule has 0 saturated carbocycles. The van der Waals surface area contributed by atoms with Crippen molar-refractivity contribution in [1.82, 2.24) is 15.5 Å². The maximum absolute atomic E-state index is 12.4. The van der Waals surface area contributed by atoms with Crippen LogP contribution < -0.4 is 10.2 Å². The molecule has 1 heterocycles. The van der Waals surface area contributed by atoms with Crippen LogP contribution in [-0.4, -0.2) is 35.9 Å². The molecule has 0 amide bonds. The Morgan fingerprint density at radius 2 is 2.00 bits per heavy atom. The largest absolute Gasteiger partial charge is 0.445 e. The fourth-order valence-corrected chi connectivity index (χ4v) is 2.14. The van der Waals surface area contributed by atoms with Crippen LogP contribution >= 0.6 is 11.3 Å². The van der Waals surface area contributed by atoms with E-state index in [4.69, 9.17) is 0 Å². The van der Waals surface area contributed by atoms with Crippen LogP contribution in [0.25, 0.3) is 0 Å². The Hall–Kier alpha value is -0.890. The first-order chi connectivity index (χ1) is 8.34. The van der Waals surface area contributed by atoms with Crippen LogP contribution in [0.4, 0.5) is 18.3 Å². The predicted octanol–water partition coefficient (Wildman–Crippen LogP) is 2.38. The van der Waals surface area contributed by atoms with Gasteiger partial charge in [-0.3, -0.25) is 0 Å². The van der Waals surface area contributed by atoms with Crippen LogP contribution in [0, 0.1) is 0 Å². The molecule has 0 aromatic carbocycles. The summed E-state index contributed by atoms with van der Waals surface area (Å²) in [6.45, 7) is 7.83. The molecule has 1 aromatic rings. The van der Waals surface area contributed by atoms with Gasteiger partial charge in [-0.05, 0) is 6.92 Å². The fraction of sp³-hybridized carbons (Fsp3) is 0.800. The molecule has 0 aliphatic rings. The number of halogens is 3. The maximum atomic E-state index is 12.4. The number of alkyl halides is 3. The third-order valence-electron chi connectivity index (χ3n) is 2.24. The van der Waals surface area contributed by atoms with E-state index in [0.717, 1.165) is 0 Å². The standard InChI is InChI=1S/C10H17F3N4S/c1-4-17(6-5-14-7(2)3)9-16-15-8(18-9)10(11,12)13/h7,14H,4-6H2,1-3H3. The monoisotopic (exact) mass is 282 g/mol. The van der Waals surface area contributed by atoms with Crippen molar-refractivity contribution >= 4 is 16.5 Å². The van der Waals surface area contributed by atoms with Crippen LogP contribution in [0.15, 0.2) is 0 Å². The molecule has 104 valence electrons. The molecule has 0 aliphatic carbocycles. The molecule has 0 atom stereocenters. The highest BCUT2D eigenvalue weighted by atomic mass is 32.1. The average Bonchev–Trinajstić information content (AvgIpc) is 2.72. The van der Waals surface area contributed by atoms with Crippen molar-refractivity contribution in [3.8, 4) is 0 Å². The molecule has 0 fully saturated rings. The van der Waals surface area contributed by atoms with Crippen LogP contribution in [0.5, 0.6) is 0 Å². The molecule has 1 aromatic heterocycles. The van der Waals surface area contributed by atoms with Crippen LogP contribution in [0.1, 0.15) is 25.8 Å². The first kappa shape index (κ1) is 15.2. The smallest absolute Gasteiger partial charge is 0.346 e. The zero-order chi connectivity index (χ0) is 13.8. The molecule has 8 heteroatoms. The van der Waals surface area contributed by atoms with E-state index in [9.17, 15) is 13.2 Å². The second-order valence-corrected chi connectivity index (χ2v) is 5.03. The second-order valence-electron chi connectivity index (χ2n) is 4.08. The van der Waals surface area contributed by atoms with Gasteiger partial charge in [-0.2, -0.15) is 13.2 Å². The van der Waals surface area contributed by atoms with Gasteiger partial charge in [-0.15, -0.1) is 10.2 Å². The lowest BCUT2D eigenvalue weighted by Crippen LogP contribution is -2.34. The lowest BCUT2D eigenvalue weighted by molar-refractivity contribution is -0.138. The summed E-state index contributed by atoms with van der Waals surface area (Å²) in [5, 5.41) is 9.41. The lowest BCUT2D eigenvalue weighted by atomic mass is 10.4. The molecule has 1 rings (SSSR count). The zero-order valence-corrected chi connectivity index (χ0v) is 11.4. The number of nitrogens with zero attached hydrogens (tertiary/aromatic N) is 3. The molecule has 0 radical (unpaired) electrons. The van der Waals surface area contributed by atoms with E-state index in [0.29, 0.717) is 42.1 Å². The van der Waals surface area contributed by atoms with E-state index in [2.05, 4.69) is 15.5 Å². The summed E-state index contributed by atoms with van der Waals surface area (Å²) in [6.07, 6.45) is -4.41. The molecule has 4 nitrogen and oxygen atoms in total. The minimum atomic E-state index is -4.41. The number of likely N-dealkylation sites (N-methyl/N-ethyl adjacent to an activating group) is 1. The summed E-state index contributed by atoms with van der Waals surface area (Å²) in [5.74, 6) is 0. The van der Waals surface area contributed by atoms with E-state index in [-0.39, 0.29) is 0 Å². The summed E-state index contributed by atoms with van der Waals surface area (Å²) in [4.78, 5) is 1.78. The van der Waals surface area contributed by atoms with Gasteiger partial charge < -0.3 is 10.2 Å². The van der Waals surface area contributed by atoms with Gasteiger partial charge in [0.2, 0.25) is 10.1 Å². The molecule has 0 saturated heterocycles. The van der Waals surface area contributed by atoms with Gasteiger partial charge in [0, 0.05) is 25.7 Å². The number of hydrogen-bond acceptors (Lipinski definition) is 5. The molecule has 1 N–H and O–H groups in total. The van der Waals surface area contributed by atoms with Crippen molar-refractivity contribution in [2.75, 3.05) is 24.5 Å². The fourth-order valence-electron chi connectivity index (χ4n) is 1.34. The summed E-state index contributed by atoms with van der Waals surface area (Å²) in [7, 11) is 0. The first-order valence-corrected chi connectivity index (χ1v) is 6.55. The Labute approximate surface area is 108 Å². The van der Waals surface area contributed by atoms with Crippen molar-refractivity contribution < 1.29 is 13.2 Å². The van der Waals surface area contributed by atoms with Gasteiger partial charge in [-0.1, -0.05) is 25.2 Å². The summed E-state index contributed by atoms with van der Waals surface area (Å²) in [5.41, 5.74) is 0. The Morgan fingerprint density at radius 1 is 1.33 bits per heavy atom. The number of anilines is 1. The quantitative estimate of drug-likeness (QED) is 0.870. The van der Waals surface area contributed by atoms with E-state index in [1.807, 2.05) is 20.8 Å². The first-order valence-electron chi connectivity index (χ1n) is 5.73. The van der Waals surface area contributed by atoms with Crippen LogP contribution in [-0.2, 0) is 6.18 Å². The highest BCUT2D eigenvalue weighted by Crippen LogP contribution is 2.34. The minimum Gasteiger partial charge on any atom is -0.346 e. The zero-order valence-electron chi connectivity index (χ0n) is 10.6. The van der Waals surface area contributed by atoms with Gasteiger partial charge in [0.15, 0.2) is 0 Å². The molecule has 0 bridgehead atoms. The van der Waals surface area contributed by atoms with Gasteiger partial charge in [0.25, 0.3) is 0 Å². The number of rotatable bonds is 6. The van der Waals surface area contributed by atoms with Gasteiger partial charge in [0.1, 0.15) is 0 Å². The van der Waals surface area contributed by atoms with Gasteiger partial charge in [0.05, 0.1) is 0 Å². The maximum Gasteiger partial charge on any atom is 0.445 e. The lowest BCUT2D eigenvalue weighted by Gasteiger charge is -2.20. The highest BCUT2D eigenvalue weighted by Gasteiger charge is 2.36. The molecule has 0 spiro atoms. The SMILES string of the molecule is CCN(CCNC(C)C)c1nnc(C(F)(F)F)s1. The number of nitrogens with one attached hydrogen (secondary N) is 1. The topological polar surface area (TPSA) is 41.0 Å². The van der Waals surface area contributed by atoms with Crippen molar-refractivity contribution in [2.45, 2.75) is 33.0 Å². The highest BCUT2D eigenvalue weighted by molar-refractivity contribution is 7.15. The van der Waals surface area contributed by atoms with E-state index >= 15 is 0 Å². The molecule has 0 unspecified atom stereocenters. The van der Waals surface area contributed by atoms with Crippen molar-refractivity contribution in [1.29, 1.82) is 0 Å². The predicted molar refractivity (Wildman–Crippen MR) is 65.9 cm³/mol. The molecule has 0 aliphatic heterocycles. The third-order valence-corrected chi connectivity index (χ3v) is 3.27. The Morgan fingerprint density at radius 3 is 2.44 bits per heavy atom. The minimum absolute atomic E-state index is 0.315. The van der Waals surface area contributed by atoms with Crippen molar-refractivity contribution in [2.24, 2.45) is 0 Å². The Balaban J connectivity index is 2.62. The Bertz CT molecular complexity index is 364. The van der Waals surface area contributed by atoms with Gasteiger partial charge in [-0.25, -0.2) is 0 Å². The number of hydrogen-bond donors (Lipinski definition) is 1. The van der Waals surface area contributed by atoms with Gasteiger partial charge >= 0.3 is 6.18 Å². The summed E-state index contributed by atoms with van der Waals surface area (Å²) >= 11 is 0.582. The Kier molecular flexibility index (Phi) is 5.33. The number of aromatic nitrogens is 2. The van der Waals surface area contributed by atoms with Crippen LogP contribution in [0.3, 0.4) is 0 Å². The van der Waals surface area contributed by atoms with E-state index in [1.165, 1.54) is 0 Å². The molecular weight excluding hydrogens is 265 g/mol. The van der Waals surface area contributed by atoms with E-state index < -0.39 is 11.2 Å². The van der Waals surface area contributed by atoms with Crippen molar-refractivity contribution in [3.63, 3.8) is 0 Å². The third kappa shape index (κ3) is 4.41.